The maximum Gasteiger partial charge on any atom is 0.248 e. The van der Waals surface area contributed by atoms with Crippen molar-refractivity contribution in [2.75, 3.05) is 6.61 Å². The second-order valence-electron chi connectivity index (χ2n) is 12.4. The normalized spacial score (nSPS) is 34.9. The highest BCUT2D eigenvalue weighted by molar-refractivity contribution is 6.06. The predicted octanol–water partition coefficient (Wildman–Crippen LogP) is 5.70. The molecule has 4 heterocycles. The molecule has 0 aromatic heterocycles. The zero-order valence-corrected chi connectivity index (χ0v) is 24.5. The van der Waals surface area contributed by atoms with Crippen LogP contribution < -0.4 is 5.32 Å². The molecule has 4 saturated heterocycles. The summed E-state index contributed by atoms with van der Waals surface area (Å²) in [6.07, 6.45) is 5.02. The van der Waals surface area contributed by atoms with Gasteiger partial charge in [-0.15, -0.1) is 0 Å². The number of hydrogen-bond acceptors (Lipinski definition) is 7. The summed E-state index contributed by atoms with van der Waals surface area (Å²) in [6.45, 7) is 6.20. The first-order chi connectivity index (χ1) is 20.6. The first-order valence-electron chi connectivity index (χ1n) is 14.9. The van der Waals surface area contributed by atoms with E-state index in [-0.39, 0.29) is 48.2 Å². The molecule has 2 aromatic rings. The lowest BCUT2D eigenvalue weighted by atomic mass is 9.58. The zero-order valence-electron chi connectivity index (χ0n) is 24.5. The van der Waals surface area contributed by atoms with E-state index in [4.69, 9.17) is 24.0 Å². The van der Waals surface area contributed by atoms with E-state index in [1.165, 1.54) is 18.2 Å². The SMILES string of the molecule is C[C@H]1[C@@H](NC(=O)COCc2ccc(C(=O)/C=C/c3ccc(F)cc3F)cc2)O[C@@H]2O[C@@]3(C)CC[C@H]4[C@H](C)CC[C@@H]1[C@@]24OO3. The molecule has 230 valence electrons. The Hall–Kier alpha value is -3.02. The minimum absolute atomic E-state index is 0.0245. The molecule has 1 amide bonds. The molecule has 5 aliphatic rings. The second kappa shape index (κ2) is 11.8. The summed E-state index contributed by atoms with van der Waals surface area (Å²) in [6, 6.07) is 9.88. The van der Waals surface area contributed by atoms with E-state index in [0.717, 1.165) is 43.4 Å². The van der Waals surface area contributed by atoms with E-state index in [1.807, 2.05) is 6.92 Å². The molecule has 1 N–H and O–H groups in total. The van der Waals surface area contributed by atoms with Gasteiger partial charge in [-0.2, -0.15) is 0 Å². The van der Waals surface area contributed by atoms with Gasteiger partial charge in [-0.1, -0.05) is 38.1 Å². The topological polar surface area (TPSA) is 92.3 Å². The third-order valence-corrected chi connectivity index (χ3v) is 9.58. The molecule has 2 bridgehead atoms. The van der Waals surface area contributed by atoms with E-state index in [9.17, 15) is 18.4 Å². The molecule has 0 unspecified atom stereocenters. The minimum atomic E-state index is -0.882. The van der Waals surface area contributed by atoms with Gasteiger partial charge in [-0.05, 0) is 67.9 Å². The fourth-order valence-corrected chi connectivity index (χ4v) is 7.20. The minimum Gasteiger partial charge on any atom is -0.367 e. The maximum atomic E-state index is 13.8. The van der Waals surface area contributed by atoms with Gasteiger partial charge in [0.15, 0.2) is 17.7 Å². The average molecular weight is 598 g/mol. The molecule has 4 aliphatic heterocycles. The molecule has 0 radical (unpaired) electrons. The molecule has 10 heteroatoms. The number of carbonyl (C=O) groups excluding carboxylic acids is 2. The van der Waals surface area contributed by atoms with E-state index in [1.54, 1.807) is 24.3 Å². The summed E-state index contributed by atoms with van der Waals surface area (Å²) in [4.78, 5) is 37.3. The van der Waals surface area contributed by atoms with Crippen molar-refractivity contribution in [3.8, 4) is 0 Å². The standard InChI is InChI=1S/C33H37F2NO7/c1-19-4-12-26-20(2)30(40-31-33(26)25(19)14-15-32(3,41-31)42-43-33)36-29(38)18-39-17-21-5-7-23(8-6-21)28(37)13-10-22-9-11-24(34)16-27(22)35/h5-11,13,16,19-20,25-26,30-31H,4,12,14-15,17-18H2,1-3H3,(H,36,38)/b13-10+/t19-,20-,25+,26+,30+,31-,32-,33-/m1/s1. The summed E-state index contributed by atoms with van der Waals surface area (Å²) in [5, 5.41) is 2.99. The average Bonchev–Trinajstić information content (AvgIpc) is 3.21. The Morgan fingerprint density at radius 1 is 1.05 bits per heavy atom. The van der Waals surface area contributed by atoms with Gasteiger partial charge in [0.25, 0.3) is 0 Å². The van der Waals surface area contributed by atoms with E-state index in [2.05, 4.69) is 19.2 Å². The Morgan fingerprint density at radius 3 is 2.60 bits per heavy atom. The summed E-state index contributed by atoms with van der Waals surface area (Å²) >= 11 is 0. The van der Waals surface area contributed by atoms with Crippen LogP contribution in [0.5, 0.6) is 0 Å². The predicted molar refractivity (Wildman–Crippen MR) is 151 cm³/mol. The Kier molecular flexibility index (Phi) is 8.25. The number of nitrogens with one attached hydrogen (secondary N) is 1. The summed E-state index contributed by atoms with van der Waals surface area (Å²) in [7, 11) is 0. The molecule has 1 saturated carbocycles. The van der Waals surface area contributed by atoms with Gasteiger partial charge < -0.3 is 19.5 Å². The van der Waals surface area contributed by atoms with Crippen molar-refractivity contribution in [2.24, 2.45) is 23.7 Å². The first-order valence-corrected chi connectivity index (χ1v) is 14.9. The third-order valence-electron chi connectivity index (χ3n) is 9.58. The molecular formula is C33H37F2NO7. The zero-order chi connectivity index (χ0) is 30.4. The lowest BCUT2D eigenvalue weighted by Crippen LogP contribution is -2.72. The number of halogens is 2. The highest BCUT2D eigenvalue weighted by atomic mass is 19.1. The Labute approximate surface area is 249 Å². The largest absolute Gasteiger partial charge is 0.367 e. The number of ketones is 1. The van der Waals surface area contributed by atoms with Gasteiger partial charge in [-0.3, -0.25) is 9.59 Å². The van der Waals surface area contributed by atoms with Crippen LogP contribution in [0.4, 0.5) is 8.78 Å². The van der Waals surface area contributed by atoms with Crippen molar-refractivity contribution in [2.45, 2.75) is 77.0 Å². The van der Waals surface area contributed by atoms with Crippen molar-refractivity contribution in [1.29, 1.82) is 0 Å². The number of allylic oxidation sites excluding steroid dienone is 1. The third kappa shape index (κ3) is 5.79. The molecule has 2 aromatic carbocycles. The van der Waals surface area contributed by atoms with Crippen LogP contribution in [0.1, 0.15) is 67.9 Å². The van der Waals surface area contributed by atoms with E-state index in [0.29, 0.717) is 11.5 Å². The first kappa shape index (κ1) is 30.0. The van der Waals surface area contributed by atoms with Crippen molar-refractivity contribution in [1.82, 2.24) is 5.32 Å². The van der Waals surface area contributed by atoms with Crippen molar-refractivity contribution < 1.29 is 42.4 Å². The van der Waals surface area contributed by atoms with Gasteiger partial charge in [0.05, 0.1) is 6.61 Å². The molecule has 8 atom stereocenters. The highest BCUT2D eigenvalue weighted by Gasteiger charge is 2.69. The van der Waals surface area contributed by atoms with Gasteiger partial charge >= 0.3 is 0 Å². The van der Waals surface area contributed by atoms with Crippen LogP contribution in [0.2, 0.25) is 0 Å². The monoisotopic (exact) mass is 597 g/mol. The Morgan fingerprint density at radius 2 is 1.84 bits per heavy atom. The van der Waals surface area contributed by atoms with E-state index < -0.39 is 35.5 Å². The van der Waals surface area contributed by atoms with Crippen LogP contribution in [-0.2, 0) is 35.4 Å². The number of amides is 1. The Balaban J connectivity index is 1.02. The van der Waals surface area contributed by atoms with Crippen LogP contribution >= 0.6 is 0 Å². The van der Waals surface area contributed by atoms with Crippen LogP contribution in [0.3, 0.4) is 0 Å². The smallest absolute Gasteiger partial charge is 0.248 e. The lowest BCUT2D eigenvalue weighted by molar-refractivity contribution is -0.571. The molecule has 43 heavy (non-hydrogen) atoms. The number of ether oxygens (including phenoxy) is 3. The quantitative estimate of drug-likeness (QED) is 0.237. The van der Waals surface area contributed by atoms with Crippen molar-refractivity contribution in [3.05, 3.63) is 76.9 Å². The van der Waals surface area contributed by atoms with Crippen molar-refractivity contribution >= 4 is 17.8 Å². The van der Waals surface area contributed by atoms with Gasteiger partial charge in [0, 0.05) is 35.4 Å². The van der Waals surface area contributed by atoms with Crippen LogP contribution in [0, 0.1) is 35.3 Å². The molecule has 7 rings (SSSR count). The number of fused-ring (bicyclic) bond motifs is 2. The summed E-state index contributed by atoms with van der Waals surface area (Å²) < 4.78 is 45.3. The molecule has 1 aliphatic carbocycles. The molecular weight excluding hydrogens is 560 g/mol. The fourth-order valence-electron chi connectivity index (χ4n) is 7.20. The van der Waals surface area contributed by atoms with Crippen LogP contribution in [-0.4, -0.2) is 42.2 Å². The van der Waals surface area contributed by atoms with Crippen LogP contribution in [0.15, 0.2) is 48.5 Å². The fraction of sp³-hybridized carbons (Fsp3) is 0.515. The second-order valence-corrected chi connectivity index (χ2v) is 12.4. The van der Waals surface area contributed by atoms with Crippen molar-refractivity contribution in [3.63, 3.8) is 0 Å². The number of benzene rings is 2. The molecule has 5 fully saturated rings. The summed E-state index contributed by atoms with van der Waals surface area (Å²) in [5.41, 5.74) is 0.607. The highest BCUT2D eigenvalue weighted by Crippen LogP contribution is 2.60. The lowest BCUT2D eigenvalue weighted by Gasteiger charge is -2.60. The molecule has 8 nitrogen and oxygen atoms in total. The number of rotatable bonds is 8. The number of hydrogen-bond donors (Lipinski definition) is 1. The van der Waals surface area contributed by atoms with Crippen LogP contribution in [0.25, 0.3) is 6.08 Å². The van der Waals surface area contributed by atoms with Gasteiger partial charge in [0.2, 0.25) is 11.7 Å². The Bertz CT molecular complexity index is 1400. The van der Waals surface area contributed by atoms with Gasteiger partial charge in [0.1, 0.15) is 24.5 Å². The number of carbonyl (C=O) groups is 2. The van der Waals surface area contributed by atoms with Gasteiger partial charge in [-0.25, -0.2) is 18.6 Å². The summed E-state index contributed by atoms with van der Waals surface area (Å²) in [5.74, 6) is -2.15. The maximum absolute atomic E-state index is 13.8. The molecule has 1 spiro atoms. The van der Waals surface area contributed by atoms with E-state index >= 15 is 0 Å².